The second kappa shape index (κ2) is 8.23. The van der Waals surface area contributed by atoms with Crippen LogP contribution in [0, 0.1) is 13.8 Å². The van der Waals surface area contributed by atoms with Gasteiger partial charge in [0.2, 0.25) is 0 Å². The van der Waals surface area contributed by atoms with Crippen molar-refractivity contribution in [2.75, 3.05) is 0 Å². The number of hydrogen-bond donors (Lipinski definition) is 4. The molecule has 0 aliphatic rings. The molecule has 0 aliphatic heterocycles. The minimum absolute atomic E-state index is 0.251. The van der Waals surface area contributed by atoms with E-state index in [9.17, 15) is 9.59 Å². The van der Waals surface area contributed by atoms with Crippen molar-refractivity contribution in [2.24, 2.45) is 0 Å². The maximum absolute atomic E-state index is 12.6. The van der Waals surface area contributed by atoms with Gasteiger partial charge in [-0.1, -0.05) is 40.2 Å². The van der Waals surface area contributed by atoms with Crippen molar-refractivity contribution in [3.8, 4) is 5.75 Å². The Morgan fingerprint density at radius 3 is 2.00 bits per heavy atom. The lowest BCUT2D eigenvalue weighted by Gasteiger charge is -2.17. The van der Waals surface area contributed by atoms with Crippen LogP contribution in [0.3, 0.4) is 0 Å². The van der Waals surface area contributed by atoms with Crippen LogP contribution in [0.15, 0.2) is 62.6 Å². The van der Waals surface area contributed by atoms with E-state index in [1.54, 1.807) is 0 Å². The fourth-order valence-corrected chi connectivity index (χ4v) is 3.88. The van der Waals surface area contributed by atoms with E-state index in [-0.39, 0.29) is 11.1 Å². The monoisotopic (exact) mass is 468 g/mol. The van der Waals surface area contributed by atoms with E-state index >= 15 is 0 Å². The van der Waals surface area contributed by atoms with Crippen LogP contribution in [0.25, 0.3) is 0 Å². The zero-order chi connectivity index (χ0) is 21.3. The first-order valence-corrected chi connectivity index (χ1v) is 10.2. The summed E-state index contributed by atoms with van der Waals surface area (Å²) < 4.78 is 6.99. The van der Waals surface area contributed by atoms with Gasteiger partial charge in [-0.25, -0.2) is 0 Å². The van der Waals surface area contributed by atoms with E-state index in [1.165, 1.54) is 0 Å². The van der Waals surface area contributed by atoms with E-state index in [1.807, 2.05) is 62.4 Å². The fraction of sp³-hybridized carbons (Fsp3) is 0.182. The lowest BCUT2D eigenvalue weighted by atomic mass is 9.85. The molecule has 0 amide bonds. The lowest BCUT2D eigenvalue weighted by molar-refractivity contribution is 0.306. The Morgan fingerprint density at radius 1 is 0.867 bits per heavy atom. The largest absolute Gasteiger partial charge is 0.489 e. The highest BCUT2D eigenvalue weighted by Gasteiger charge is 2.28. The molecule has 2 aromatic heterocycles. The topological polar surface area (TPSA) is 107 Å². The van der Waals surface area contributed by atoms with Gasteiger partial charge in [0.15, 0.2) is 0 Å². The SMILES string of the molecule is Cc1[nH][nH]c(=O)c1C(c1cccc(OCc2ccc(Br)cc2)c1)c1c(C)[nH][nH]c1=O. The van der Waals surface area contributed by atoms with Crippen LogP contribution in [0.2, 0.25) is 0 Å². The highest BCUT2D eigenvalue weighted by molar-refractivity contribution is 9.10. The van der Waals surface area contributed by atoms with Gasteiger partial charge in [-0.05, 0) is 49.2 Å². The number of aromatic amines is 4. The number of halogens is 1. The van der Waals surface area contributed by atoms with Gasteiger partial charge in [0.05, 0.1) is 11.1 Å². The van der Waals surface area contributed by atoms with Crippen molar-refractivity contribution in [3.63, 3.8) is 0 Å². The summed E-state index contributed by atoms with van der Waals surface area (Å²) in [7, 11) is 0. The van der Waals surface area contributed by atoms with Crippen LogP contribution >= 0.6 is 15.9 Å². The summed E-state index contributed by atoms with van der Waals surface area (Å²) in [5.74, 6) is 0.126. The smallest absolute Gasteiger partial charge is 0.268 e. The van der Waals surface area contributed by atoms with Gasteiger partial charge in [0, 0.05) is 21.8 Å². The predicted molar refractivity (Wildman–Crippen MR) is 118 cm³/mol. The Bertz CT molecular complexity index is 1230. The number of aryl methyl sites for hydroxylation is 2. The standard InChI is InChI=1S/C22H21BrN4O3/c1-12-18(21(28)26-24-12)20(19-13(2)25-27-22(19)29)15-4-3-5-17(10-15)30-11-14-6-8-16(23)9-7-14/h3-10,20H,11H2,1-2H3,(H2,24,26,28)(H2,25,27,29). The van der Waals surface area contributed by atoms with Gasteiger partial charge < -0.3 is 14.9 Å². The number of hydrogen-bond acceptors (Lipinski definition) is 3. The van der Waals surface area contributed by atoms with Crippen molar-refractivity contribution >= 4 is 15.9 Å². The molecule has 0 radical (unpaired) electrons. The molecule has 0 aliphatic carbocycles. The second-order valence-electron chi connectivity index (χ2n) is 7.16. The highest BCUT2D eigenvalue weighted by atomic mass is 79.9. The van der Waals surface area contributed by atoms with Gasteiger partial charge in [-0.2, -0.15) is 0 Å². The molecule has 0 fully saturated rings. The molecule has 7 nitrogen and oxygen atoms in total. The molecule has 0 bridgehead atoms. The number of H-pyrrole nitrogens is 4. The Morgan fingerprint density at radius 2 is 1.47 bits per heavy atom. The summed E-state index contributed by atoms with van der Waals surface area (Å²) in [6.45, 7) is 4.03. The number of benzene rings is 2. The van der Waals surface area contributed by atoms with Crippen molar-refractivity contribution in [1.82, 2.24) is 20.4 Å². The van der Waals surface area contributed by atoms with E-state index in [0.717, 1.165) is 15.6 Å². The van der Waals surface area contributed by atoms with Crippen LogP contribution in [0.1, 0.15) is 39.6 Å². The maximum Gasteiger partial charge on any atom is 0.268 e. The maximum atomic E-state index is 12.6. The average Bonchev–Trinajstić information content (AvgIpc) is 3.25. The minimum atomic E-state index is -0.536. The molecule has 0 saturated heterocycles. The van der Waals surface area contributed by atoms with Crippen LogP contribution in [-0.2, 0) is 6.61 Å². The van der Waals surface area contributed by atoms with Crippen molar-refractivity contribution in [2.45, 2.75) is 26.4 Å². The zero-order valence-electron chi connectivity index (χ0n) is 16.5. The Hall–Kier alpha value is -3.26. The molecule has 0 spiro atoms. The van der Waals surface area contributed by atoms with Crippen molar-refractivity contribution in [3.05, 3.63) is 107 Å². The van der Waals surface area contributed by atoms with Gasteiger partial charge in [-0.3, -0.25) is 19.8 Å². The highest BCUT2D eigenvalue weighted by Crippen LogP contribution is 2.32. The van der Waals surface area contributed by atoms with Crippen molar-refractivity contribution < 1.29 is 4.74 Å². The molecular weight excluding hydrogens is 448 g/mol. The number of aromatic nitrogens is 4. The Balaban J connectivity index is 1.73. The molecular formula is C22H21BrN4O3. The molecule has 30 heavy (non-hydrogen) atoms. The summed E-state index contributed by atoms with van der Waals surface area (Å²) in [5, 5.41) is 10.9. The molecule has 0 atom stereocenters. The first-order valence-electron chi connectivity index (χ1n) is 9.45. The quantitative estimate of drug-likeness (QED) is 0.345. The molecule has 2 aromatic carbocycles. The number of nitrogens with one attached hydrogen (secondary N) is 4. The third-order valence-electron chi connectivity index (χ3n) is 5.11. The predicted octanol–water partition coefficient (Wildman–Crippen LogP) is 3.86. The Labute approximate surface area is 180 Å². The van der Waals surface area contributed by atoms with Crippen LogP contribution in [0.5, 0.6) is 5.75 Å². The van der Waals surface area contributed by atoms with E-state index < -0.39 is 5.92 Å². The first-order chi connectivity index (χ1) is 14.4. The van der Waals surface area contributed by atoms with Gasteiger partial charge in [0.25, 0.3) is 11.1 Å². The van der Waals surface area contributed by atoms with Crippen LogP contribution in [-0.4, -0.2) is 20.4 Å². The zero-order valence-corrected chi connectivity index (χ0v) is 18.1. The molecule has 8 heteroatoms. The van der Waals surface area contributed by atoms with Crippen LogP contribution in [0.4, 0.5) is 0 Å². The fourth-order valence-electron chi connectivity index (χ4n) is 3.62. The number of rotatable bonds is 6. The number of ether oxygens (including phenoxy) is 1. The van der Waals surface area contributed by atoms with E-state index in [2.05, 4.69) is 36.3 Å². The van der Waals surface area contributed by atoms with E-state index in [0.29, 0.717) is 34.9 Å². The molecule has 0 unspecified atom stereocenters. The van der Waals surface area contributed by atoms with Gasteiger partial charge in [0.1, 0.15) is 12.4 Å². The molecule has 4 aromatic rings. The summed E-state index contributed by atoms with van der Waals surface area (Å²) in [5.41, 5.74) is 3.72. The molecule has 0 saturated carbocycles. The molecule has 4 N–H and O–H groups in total. The normalized spacial score (nSPS) is 11.2. The summed E-state index contributed by atoms with van der Waals surface area (Å²) in [6.07, 6.45) is 0. The molecule has 4 rings (SSSR count). The lowest BCUT2D eigenvalue weighted by Crippen LogP contribution is -2.20. The van der Waals surface area contributed by atoms with Gasteiger partial charge >= 0.3 is 0 Å². The van der Waals surface area contributed by atoms with E-state index in [4.69, 9.17) is 4.74 Å². The van der Waals surface area contributed by atoms with Crippen molar-refractivity contribution in [1.29, 1.82) is 0 Å². The molecule has 154 valence electrons. The Kier molecular flexibility index (Phi) is 5.50. The molecule has 2 heterocycles. The summed E-state index contributed by atoms with van der Waals surface area (Å²) in [4.78, 5) is 25.1. The summed E-state index contributed by atoms with van der Waals surface area (Å²) in [6, 6.07) is 15.4. The third kappa shape index (κ3) is 3.91. The third-order valence-corrected chi connectivity index (χ3v) is 5.64. The second-order valence-corrected chi connectivity index (χ2v) is 8.07. The van der Waals surface area contributed by atoms with Crippen LogP contribution < -0.4 is 15.9 Å². The first kappa shape index (κ1) is 20.0. The average molecular weight is 469 g/mol. The summed E-state index contributed by atoms with van der Waals surface area (Å²) >= 11 is 3.43. The minimum Gasteiger partial charge on any atom is -0.489 e. The van der Waals surface area contributed by atoms with Gasteiger partial charge in [-0.15, -0.1) is 0 Å².